The highest BCUT2D eigenvalue weighted by molar-refractivity contribution is 7.80. The van der Waals surface area contributed by atoms with Gasteiger partial charge in [0.05, 0.1) is 5.02 Å². The van der Waals surface area contributed by atoms with Crippen LogP contribution in [0.15, 0.2) is 24.3 Å². The Morgan fingerprint density at radius 3 is 2.79 bits per heavy atom. The summed E-state index contributed by atoms with van der Waals surface area (Å²) >= 11 is 11.2. The number of hydrogen-bond donors (Lipinski definition) is 3. The molecule has 132 valence electrons. The van der Waals surface area contributed by atoms with Gasteiger partial charge in [-0.05, 0) is 42.6 Å². The molecule has 1 aliphatic rings. The molecule has 0 heterocycles. The van der Waals surface area contributed by atoms with Gasteiger partial charge in [-0.3, -0.25) is 15.6 Å². The van der Waals surface area contributed by atoms with Crippen LogP contribution in [0.2, 0.25) is 5.02 Å². The largest absolute Gasteiger partial charge is 0.482 e. The van der Waals surface area contributed by atoms with E-state index < -0.39 is 0 Å². The molecule has 1 aromatic rings. The number of para-hydroxylation sites is 1. The van der Waals surface area contributed by atoms with Crippen molar-refractivity contribution in [2.45, 2.75) is 39.2 Å². The highest BCUT2D eigenvalue weighted by Crippen LogP contribution is 2.29. The summed E-state index contributed by atoms with van der Waals surface area (Å²) in [5.74, 6) is 1.37. The van der Waals surface area contributed by atoms with Crippen LogP contribution in [0, 0.1) is 11.8 Å². The van der Waals surface area contributed by atoms with Crippen LogP contribution in [-0.4, -0.2) is 23.7 Å². The van der Waals surface area contributed by atoms with Crippen LogP contribution < -0.4 is 20.9 Å². The average Bonchev–Trinajstić information content (AvgIpc) is 2.56. The van der Waals surface area contributed by atoms with E-state index in [1.54, 1.807) is 24.3 Å². The summed E-state index contributed by atoms with van der Waals surface area (Å²) in [5, 5.41) is 4.17. The van der Waals surface area contributed by atoms with Gasteiger partial charge >= 0.3 is 0 Å². The third-order valence-electron chi connectivity index (χ3n) is 4.53. The molecule has 3 N–H and O–H groups in total. The van der Waals surface area contributed by atoms with Crippen molar-refractivity contribution in [2.24, 2.45) is 11.8 Å². The number of thiocarbonyl (C=S) groups is 1. The standard InChI is InChI=1S/C17H24ClN3O2S/c1-11-6-5-8-14(12(11)2)19-17(24)21-20-16(22)10-23-15-9-4-3-7-13(15)18/h3-4,7,9,11-12,14H,5-6,8,10H2,1-2H3,(H,20,22)(H2,19,21,24)/t11-,12+,14+/m0/s1. The molecule has 3 atom stereocenters. The Labute approximate surface area is 153 Å². The first-order valence-corrected chi connectivity index (χ1v) is 8.98. The zero-order chi connectivity index (χ0) is 17.5. The van der Waals surface area contributed by atoms with Crippen LogP contribution in [-0.2, 0) is 4.79 Å². The second kappa shape index (κ2) is 9.08. The number of benzene rings is 1. The first kappa shape index (κ1) is 18.8. The van der Waals surface area contributed by atoms with E-state index in [-0.39, 0.29) is 12.5 Å². The topological polar surface area (TPSA) is 62.4 Å². The molecular formula is C17H24ClN3O2S. The van der Waals surface area contributed by atoms with Gasteiger partial charge in [0, 0.05) is 6.04 Å². The van der Waals surface area contributed by atoms with E-state index in [2.05, 4.69) is 30.0 Å². The van der Waals surface area contributed by atoms with E-state index in [0.29, 0.717) is 33.8 Å². The predicted octanol–water partition coefficient (Wildman–Crippen LogP) is 3.04. The summed E-state index contributed by atoms with van der Waals surface area (Å²) in [6.45, 7) is 4.36. The number of carbonyl (C=O) groups is 1. The fraction of sp³-hybridized carbons (Fsp3) is 0.529. The quantitative estimate of drug-likeness (QED) is 0.562. The minimum absolute atomic E-state index is 0.143. The van der Waals surface area contributed by atoms with Crippen molar-refractivity contribution in [1.82, 2.24) is 16.2 Å². The SMILES string of the molecule is C[C@@H]1[C@@H](C)CCC[C@H]1NC(=S)NNC(=O)COc1ccccc1Cl. The highest BCUT2D eigenvalue weighted by atomic mass is 35.5. The molecule has 0 spiro atoms. The fourth-order valence-electron chi connectivity index (χ4n) is 2.86. The van der Waals surface area contributed by atoms with Gasteiger partial charge in [-0.1, -0.05) is 50.4 Å². The van der Waals surface area contributed by atoms with Gasteiger partial charge in [0.2, 0.25) is 0 Å². The molecule has 0 unspecified atom stereocenters. The lowest BCUT2D eigenvalue weighted by Gasteiger charge is -2.35. The van der Waals surface area contributed by atoms with Crippen molar-refractivity contribution in [3.05, 3.63) is 29.3 Å². The maximum Gasteiger partial charge on any atom is 0.276 e. The zero-order valence-corrected chi connectivity index (χ0v) is 15.5. The molecule has 1 aliphatic carbocycles. The van der Waals surface area contributed by atoms with Gasteiger partial charge in [-0.25, -0.2) is 0 Å². The van der Waals surface area contributed by atoms with Crippen molar-refractivity contribution >= 4 is 34.8 Å². The molecule has 24 heavy (non-hydrogen) atoms. The summed E-state index contributed by atoms with van der Waals surface area (Å²) in [6, 6.07) is 7.35. The number of rotatable bonds is 4. The number of ether oxygens (including phenoxy) is 1. The molecule has 0 radical (unpaired) electrons. The predicted molar refractivity (Wildman–Crippen MR) is 99.9 cm³/mol. The van der Waals surface area contributed by atoms with Crippen molar-refractivity contribution in [3.63, 3.8) is 0 Å². The second-order valence-electron chi connectivity index (χ2n) is 6.24. The lowest BCUT2D eigenvalue weighted by Crippen LogP contribution is -2.53. The lowest BCUT2D eigenvalue weighted by molar-refractivity contribution is -0.123. The molecular weight excluding hydrogens is 346 g/mol. The van der Waals surface area contributed by atoms with Gasteiger partial charge in [0.15, 0.2) is 11.7 Å². The molecule has 1 amide bonds. The Balaban J connectivity index is 1.69. The maximum absolute atomic E-state index is 11.8. The summed E-state index contributed by atoms with van der Waals surface area (Å²) < 4.78 is 5.36. The van der Waals surface area contributed by atoms with Gasteiger partial charge in [0.25, 0.3) is 5.91 Å². The summed E-state index contributed by atoms with van der Waals surface area (Å²) in [7, 11) is 0. The van der Waals surface area contributed by atoms with E-state index in [9.17, 15) is 4.79 Å². The molecule has 0 aliphatic heterocycles. The molecule has 0 aromatic heterocycles. The molecule has 7 heteroatoms. The lowest BCUT2D eigenvalue weighted by atomic mass is 9.78. The smallest absolute Gasteiger partial charge is 0.276 e. The minimum atomic E-state index is -0.330. The Morgan fingerprint density at radius 1 is 1.29 bits per heavy atom. The van der Waals surface area contributed by atoms with Crippen LogP contribution in [0.1, 0.15) is 33.1 Å². The van der Waals surface area contributed by atoms with Crippen LogP contribution >= 0.6 is 23.8 Å². The number of nitrogens with one attached hydrogen (secondary N) is 3. The summed E-state index contributed by atoms with van der Waals surface area (Å²) in [5.41, 5.74) is 5.25. The molecule has 1 fully saturated rings. The van der Waals surface area contributed by atoms with E-state index in [1.807, 2.05) is 0 Å². The fourth-order valence-corrected chi connectivity index (χ4v) is 3.25. The molecule has 0 saturated heterocycles. The molecule has 0 bridgehead atoms. The number of carbonyl (C=O) groups excluding carboxylic acids is 1. The molecule has 1 saturated carbocycles. The summed E-state index contributed by atoms with van der Waals surface area (Å²) in [4.78, 5) is 11.8. The van der Waals surface area contributed by atoms with Gasteiger partial charge < -0.3 is 10.1 Å². The molecule has 5 nitrogen and oxygen atoms in total. The average molecular weight is 370 g/mol. The van der Waals surface area contributed by atoms with Crippen LogP contribution in [0.5, 0.6) is 5.75 Å². The van der Waals surface area contributed by atoms with Crippen molar-refractivity contribution < 1.29 is 9.53 Å². The number of hydrogen-bond acceptors (Lipinski definition) is 3. The molecule has 1 aromatic carbocycles. The van der Waals surface area contributed by atoms with E-state index in [4.69, 9.17) is 28.6 Å². The maximum atomic E-state index is 11.8. The summed E-state index contributed by atoms with van der Waals surface area (Å²) in [6.07, 6.45) is 3.55. The monoisotopic (exact) mass is 369 g/mol. The Bertz CT molecular complexity index is 585. The van der Waals surface area contributed by atoms with Crippen molar-refractivity contribution in [2.75, 3.05) is 6.61 Å². The molecule has 2 rings (SSSR count). The Kier molecular flexibility index (Phi) is 7.12. The van der Waals surface area contributed by atoms with Crippen LogP contribution in [0.3, 0.4) is 0 Å². The van der Waals surface area contributed by atoms with Gasteiger partial charge in [-0.2, -0.15) is 0 Å². The van der Waals surface area contributed by atoms with Crippen LogP contribution in [0.25, 0.3) is 0 Å². The zero-order valence-electron chi connectivity index (χ0n) is 14.0. The van der Waals surface area contributed by atoms with Gasteiger partial charge in [0.1, 0.15) is 5.75 Å². The number of halogens is 1. The van der Waals surface area contributed by atoms with E-state index in [1.165, 1.54) is 12.8 Å². The third-order valence-corrected chi connectivity index (χ3v) is 5.07. The first-order chi connectivity index (χ1) is 11.5. The van der Waals surface area contributed by atoms with E-state index in [0.717, 1.165) is 6.42 Å². The third kappa shape index (κ3) is 5.53. The normalized spacial score (nSPS) is 23.2. The Hall–Kier alpha value is -1.53. The number of hydrazine groups is 1. The minimum Gasteiger partial charge on any atom is -0.482 e. The van der Waals surface area contributed by atoms with Crippen molar-refractivity contribution in [1.29, 1.82) is 0 Å². The van der Waals surface area contributed by atoms with Gasteiger partial charge in [-0.15, -0.1) is 0 Å². The van der Waals surface area contributed by atoms with Crippen LogP contribution in [0.4, 0.5) is 0 Å². The first-order valence-electron chi connectivity index (χ1n) is 8.20. The Morgan fingerprint density at radius 2 is 2.04 bits per heavy atom. The van der Waals surface area contributed by atoms with Crippen molar-refractivity contribution in [3.8, 4) is 5.75 Å². The van der Waals surface area contributed by atoms with E-state index >= 15 is 0 Å². The highest BCUT2D eigenvalue weighted by Gasteiger charge is 2.27. The second-order valence-corrected chi connectivity index (χ2v) is 7.05. The number of amides is 1.